The second-order valence-electron chi connectivity index (χ2n) is 4.93. The molecule has 1 aliphatic carbocycles. The lowest BCUT2D eigenvalue weighted by Gasteiger charge is -2.36. The minimum Gasteiger partial charge on any atom is -0.495 e. The van der Waals surface area contributed by atoms with Gasteiger partial charge in [-0.25, -0.2) is 8.42 Å². The van der Waals surface area contributed by atoms with Crippen molar-refractivity contribution in [2.45, 2.75) is 29.3 Å². The van der Waals surface area contributed by atoms with Crippen molar-refractivity contribution in [2.24, 2.45) is 0 Å². The van der Waals surface area contributed by atoms with E-state index in [1.807, 2.05) is 6.07 Å². The summed E-state index contributed by atoms with van der Waals surface area (Å²) in [5.74, 6) is 0.278. The Kier molecular flexibility index (Phi) is 2.63. The average molecular weight is 289 g/mol. The summed E-state index contributed by atoms with van der Waals surface area (Å²) in [6.45, 7) is 0.659. The number of ether oxygens (including phenoxy) is 2. The first-order valence-electron chi connectivity index (χ1n) is 5.69. The molecule has 0 aromatic heterocycles. The van der Waals surface area contributed by atoms with Gasteiger partial charge in [0.1, 0.15) is 10.6 Å². The molecule has 1 aromatic rings. The Bertz CT molecular complexity index is 585. The molecule has 3 fully saturated rings. The highest BCUT2D eigenvalue weighted by atomic mass is 35.7. The van der Waals surface area contributed by atoms with Crippen molar-refractivity contribution in [3.63, 3.8) is 0 Å². The van der Waals surface area contributed by atoms with Crippen molar-refractivity contribution in [2.75, 3.05) is 13.7 Å². The minimum absolute atomic E-state index is 0.0206. The van der Waals surface area contributed by atoms with Gasteiger partial charge in [-0.1, -0.05) is 6.07 Å². The van der Waals surface area contributed by atoms with Crippen molar-refractivity contribution in [3.8, 4) is 5.75 Å². The summed E-state index contributed by atoms with van der Waals surface area (Å²) in [6, 6.07) is 5.17. The van der Waals surface area contributed by atoms with Gasteiger partial charge < -0.3 is 9.47 Å². The Labute approximate surface area is 110 Å². The molecular formula is C12H13ClO4S. The smallest absolute Gasteiger partial charge is 0.264 e. The van der Waals surface area contributed by atoms with Gasteiger partial charge in [0.15, 0.2) is 0 Å². The maximum absolute atomic E-state index is 11.6. The van der Waals surface area contributed by atoms with Crippen LogP contribution >= 0.6 is 10.7 Å². The molecule has 6 heteroatoms. The van der Waals surface area contributed by atoms with E-state index in [4.69, 9.17) is 20.2 Å². The number of benzene rings is 1. The van der Waals surface area contributed by atoms with E-state index in [0.29, 0.717) is 12.7 Å². The fraction of sp³-hybridized carbons (Fsp3) is 0.500. The van der Waals surface area contributed by atoms with E-state index in [2.05, 4.69) is 0 Å². The third kappa shape index (κ3) is 1.73. The summed E-state index contributed by atoms with van der Waals surface area (Å²) in [5.41, 5.74) is 0.948. The van der Waals surface area contributed by atoms with Gasteiger partial charge in [-0.2, -0.15) is 0 Å². The first kappa shape index (κ1) is 12.3. The van der Waals surface area contributed by atoms with Gasteiger partial charge >= 0.3 is 0 Å². The van der Waals surface area contributed by atoms with Gasteiger partial charge in [-0.3, -0.25) is 0 Å². The first-order valence-corrected chi connectivity index (χ1v) is 8.00. The van der Waals surface area contributed by atoms with Gasteiger partial charge in [0.05, 0.1) is 19.8 Å². The molecule has 0 spiro atoms. The molecule has 4 rings (SSSR count). The first-order chi connectivity index (χ1) is 8.44. The SMILES string of the molecule is COc1ccc(C23COC(C2)C3)cc1S(=O)(=O)Cl. The Morgan fingerprint density at radius 3 is 2.67 bits per heavy atom. The lowest BCUT2D eigenvalue weighted by atomic mass is 9.66. The zero-order valence-corrected chi connectivity index (χ0v) is 11.4. The van der Waals surface area contributed by atoms with Crippen LogP contribution in [0.2, 0.25) is 0 Å². The highest BCUT2D eigenvalue weighted by molar-refractivity contribution is 8.13. The largest absolute Gasteiger partial charge is 0.495 e. The molecule has 2 saturated heterocycles. The predicted octanol–water partition coefficient (Wildman–Crippen LogP) is 2.05. The summed E-state index contributed by atoms with van der Waals surface area (Å²) in [7, 11) is 3.07. The van der Waals surface area contributed by atoms with Crippen LogP contribution in [-0.4, -0.2) is 28.2 Å². The van der Waals surface area contributed by atoms with Crippen molar-refractivity contribution in [3.05, 3.63) is 23.8 Å². The molecule has 0 unspecified atom stereocenters. The van der Waals surface area contributed by atoms with Crippen molar-refractivity contribution < 1.29 is 17.9 Å². The van der Waals surface area contributed by atoms with Crippen LogP contribution in [0.3, 0.4) is 0 Å². The van der Waals surface area contributed by atoms with Crippen LogP contribution < -0.4 is 4.74 Å². The zero-order chi connectivity index (χ0) is 13.0. The van der Waals surface area contributed by atoms with Gasteiger partial charge in [0, 0.05) is 16.1 Å². The minimum atomic E-state index is -3.80. The molecule has 2 aliphatic heterocycles. The lowest BCUT2D eigenvalue weighted by molar-refractivity contribution is 0.123. The van der Waals surface area contributed by atoms with Crippen LogP contribution in [0.15, 0.2) is 23.1 Å². The molecule has 0 amide bonds. The third-order valence-electron chi connectivity index (χ3n) is 3.87. The van der Waals surface area contributed by atoms with E-state index >= 15 is 0 Å². The number of hydrogen-bond donors (Lipinski definition) is 0. The normalized spacial score (nSPS) is 30.0. The molecule has 1 aromatic carbocycles. The van der Waals surface area contributed by atoms with Crippen LogP contribution in [0, 0.1) is 0 Å². The topological polar surface area (TPSA) is 52.6 Å². The van der Waals surface area contributed by atoms with E-state index in [1.165, 1.54) is 7.11 Å². The second kappa shape index (κ2) is 3.85. The number of methoxy groups -OCH3 is 1. The fourth-order valence-corrected chi connectivity index (χ4v) is 3.86. The highest BCUT2D eigenvalue weighted by Crippen LogP contribution is 2.52. The summed E-state index contributed by atoms with van der Waals surface area (Å²) in [6.07, 6.45) is 2.26. The van der Waals surface area contributed by atoms with E-state index in [9.17, 15) is 8.42 Å². The standard InChI is InChI=1S/C12H13ClO4S/c1-16-10-3-2-8(4-11(10)18(13,14)15)12-5-9(6-12)17-7-12/h2-4,9H,5-7H2,1H3. The van der Waals surface area contributed by atoms with E-state index < -0.39 is 9.05 Å². The molecular weight excluding hydrogens is 276 g/mol. The quantitative estimate of drug-likeness (QED) is 0.799. The Balaban J connectivity index is 2.08. The van der Waals surface area contributed by atoms with Gasteiger partial charge in [-0.15, -0.1) is 0 Å². The number of hydrogen-bond acceptors (Lipinski definition) is 4. The molecule has 0 N–H and O–H groups in total. The van der Waals surface area contributed by atoms with Crippen molar-refractivity contribution >= 4 is 19.7 Å². The van der Waals surface area contributed by atoms with Crippen LogP contribution in [0.1, 0.15) is 18.4 Å². The zero-order valence-electron chi connectivity index (χ0n) is 9.85. The Morgan fingerprint density at radius 1 is 1.44 bits per heavy atom. The maximum Gasteiger partial charge on any atom is 0.264 e. The van der Waals surface area contributed by atoms with Gasteiger partial charge in [0.25, 0.3) is 9.05 Å². The van der Waals surface area contributed by atoms with Crippen LogP contribution in [0.5, 0.6) is 5.75 Å². The molecule has 1 saturated carbocycles. The van der Waals surface area contributed by atoms with Crippen LogP contribution in [0.25, 0.3) is 0 Å². The van der Waals surface area contributed by atoms with Crippen LogP contribution in [0.4, 0.5) is 0 Å². The van der Waals surface area contributed by atoms with Gasteiger partial charge in [0.2, 0.25) is 0 Å². The fourth-order valence-electron chi connectivity index (χ4n) is 2.84. The monoisotopic (exact) mass is 288 g/mol. The maximum atomic E-state index is 11.6. The third-order valence-corrected chi connectivity index (χ3v) is 5.21. The molecule has 4 nitrogen and oxygen atoms in total. The van der Waals surface area contributed by atoms with E-state index in [-0.39, 0.29) is 16.1 Å². The number of fused-ring (bicyclic) bond motifs is 1. The number of rotatable bonds is 3. The molecule has 98 valence electrons. The Hall–Kier alpha value is -0.780. The van der Waals surface area contributed by atoms with Crippen molar-refractivity contribution in [1.82, 2.24) is 0 Å². The summed E-state index contributed by atoms with van der Waals surface area (Å²) in [5, 5.41) is 0. The summed E-state index contributed by atoms with van der Waals surface area (Å²) < 4.78 is 33.7. The summed E-state index contributed by atoms with van der Waals surface area (Å²) >= 11 is 0. The second-order valence-corrected chi connectivity index (χ2v) is 7.46. The van der Waals surface area contributed by atoms with E-state index in [1.54, 1.807) is 12.1 Å². The van der Waals surface area contributed by atoms with Crippen LogP contribution in [-0.2, 0) is 19.2 Å². The predicted molar refractivity (Wildman–Crippen MR) is 66.7 cm³/mol. The van der Waals surface area contributed by atoms with Crippen molar-refractivity contribution in [1.29, 1.82) is 0 Å². The summed E-state index contributed by atoms with van der Waals surface area (Å²) in [4.78, 5) is 0.0360. The highest BCUT2D eigenvalue weighted by Gasteiger charge is 2.53. The molecule has 18 heavy (non-hydrogen) atoms. The lowest BCUT2D eigenvalue weighted by Crippen LogP contribution is -2.37. The number of halogens is 1. The molecule has 2 heterocycles. The Morgan fingerprint density at radius 2 is 2.17 bits per heavy atom. The van der Waals surface area contributed by atoms with E-state index in [0.717, 1.165) is 18.4 Å². The average Bonchev–Trinajstić information content (AvgIpc) is 2.86. The molecule has 3 aliphatic rings. The molecule has 0 atom stereocenters. The van der Waals surface area contributed by atoms with Gasteiger partial charge in [-0.05, 0) is 30.5 Å². The molecule has 0 radical (unpaired) electrons. The molecule has 2 bridgehead atoms.